The summed E-state index contributed by atoms with van der Waals surface area (Å²) in [5, 5.41) is 14.8. The molecule has 4 atom stereocenters. The molecule has 0 bridgehead atoms. The minimum Gasteiger partial charge on any atom is -0.0622 e. The maximum atomic E-state index is 13.1. The van der Waals surface area contributed by atoms with Crippen molar-refractivity contribution in [3.63, 3.8) is 0 Å². The van der Waals surface area contributed by atoms with Crippen molar-refractivity contribution in [1.82, 2.24) is 15.5 Å². The number of carbonyl (C=O) groups excluding carboxylic acids is 3. The molecule has 2 rings (SSSR count). The summed E-state index contributed by atoms with van der Waals surface area (Å²) < 4.78 is 10.6. The average Bonchev–Trinajstić information content (AvgIpc) is 3.29. The van der Waals surface area contributed by atoms with Crippen LogP contribution in [0.4, 0.5) is 0 Å². The minimum atomic E-state index is -1.30. The summed E-state index contributed by atoms with van der Waals surface area (Å²) in [4.78, 5) is 55.1. The van der Waals surface area contributed by atoms with Crippen molar-refractivity contribution in [3.8, 4) is 0 Å². The molecule has 34 heavy (non-hydrogen) atoms. The predicted molar refractivity (Wildman–Crippen MR) is 125 cm³/mol. The SMILES string of the molecule is CC(NC(=O)C(NC(=O)[C@@H]1CCCN1C(=O)[C@H](CC(=O)O)/N=C/B=O)C(C)C)c1ccccc1. The van der Waals surface area contributed by atoms with Crippen molar-refractivity contribution in [2.75, 3.05) is 6.54 Å². The van der Waals surface area contributed by atoms with E-state index >= 15 is 0 Å². The number of amides is 3. The molecule has 3 amide bonds. The van der Waals surface area contributed by atoms with E-state index in [1.165, 1.54) is 4.90 Å². The van der Waals surface area contributed by atoms with E-state index in [0.717, 1.165) is 11.7 Å². The second-order valence-corrected chi connectivity index (χ2v) is 8.61. The van der Waals surface area contributed by atoms with Gasteiger partial charge in [0.1, 0.15) is 0 Å². The summed E-state index contributed by atoms with van der Waals surface area (Å²) in [6.07, 6.45) is 1.16. The van der Waals surface area contributed by atoms with E-state index in [4.69, 9.17) is 5.11 Å². The first kappa shape index (κ1) is 26.9. The Labute approximate surface area is 199 Å². The van der Waals surface area contributed by atoms with E-state index in [2.05, 4.69) is 15.6 Å². The summed E-state index contributed by atoms with van der Waals surface area (Å²) in [6, 6.07) is 6.21. The van der Waals surface area contributed by atoms with Gasteiger partial charge in [0, 0.05) is 0 Å². The summed E-state index contributed by atoms with van der Waals surface area (Å²) >= 11 is 0. The van der Waals surface area contributed by atoms with Crippen LogP contribution in [-0.4, -0.2) is 71.6 Å². The first-order valence-corrected chi connectivity index (χ1v) is 11.3. The zero-order valence-electron chi connectivity index (χ0n) is 19.6. The molecular weight excluding hydrogens is 439 g/mol. The number of carboxylic acids is 1. The van der Waals surface area contributed by atoms with Crippen LogP contribution in [-0.2, 0) is 23.9 Å². The van der Waals surface area contributed by atoms with Gasteiger partial charge in [-0.2, -0.15) is 0 Å². The molecule has 11 heteroatoms. The Kier molecular flexibility index (Phi) is 10.1. The maximum absolute atomic E-state index is 13.1. The number of nitrogens with one attached hydrogen (secondary N) is 2. The molecule has 0 radical (unpaired) electrons. The number of hydrogen-bond acceptors (Lipinski definition) is 6. The minimum absolute atomic E-state index is 0.213. The predicted octanol–water partition coefficient (Wildman–Crippen LogP) is 0.917. The normalized spacial score (nSPS) is 18.2. The number of aliphatic imine (C=N–C) groups is 1. The van der Waals surface area contributed by atoms with Gasteiger partial charge in [-0.25, -0.2) is 0 Å². The van der Waals surface area contributed by atoms with Gasteiger partial charge in [0.05, 0.1) is 0 Å². The molecule has 1 heterocycles. The molecule has 1 aromatic carbocycles. The number of benzene rings is 1. The van der Waals surface area contributed by atoms with Crippen LogP contribution in [0.3, 0.4) is 0 Å². The molecular formula is C23H31BN4O6. The molecule has 0 aliphatic carbocycles. The Morgan fingerprint density at radius 3 is 2.44 bits per heavy atom. The van der Waals surface area contributed by atoms with Crippen LogP contribution < -0.4 is 10.6 Å². The topological polar surface area (TPSA) is 145 Å². The first-order chi connectivity index (χ1) is 16.1. The zero-order valence-corrected chi connectivity index (χ0v) is 19.6. The van der Waals surface area contributed by atoms with Gasteiger partial charge in [-0.1, -0.05) is 30.3 Å². The Bertz CT molecular complexity index is 923. The Hall–Kier alpha value is -3.37. The van der Waals surface area contributed by atoms with Crippen molar-refractivity contribution in [3.05, 3.63) is 35.9 Å². The van der Waals surface area contributed by atoms with Gasteiger partial charge in [-0.3, -0.25) is 0 Å². The largest absolute Gasteiger partial charge is 0.0622 e. The van der Waals surface area contributed by atoms with E-state index < -0.39 is 42.3 Å². The van der Waals surface area contributed by atoms with Crippen molar-refractivity contribution in [2.45, 2.75) is 64.2 Å². The Morgan fingerprint density at radius 1 is 1.18 bits per heavy atom. The van der Waals surface area contributed by atoms with Crippen molar-refractivity contribution in [2.24, 2.45) is 10.9 Å². The average molecular weight is 470 g/mol. The van der Waals surface area contributed by atoms with Crippen molar-refractivity contribution in [1.29, 1.82) is 0 Å². The third-order valence-corrected chi connectivity index (χ3v) is 5.72. The van der Waals surface area contributed by atoms with Gasteiger partial charge in [-0.05, 0) is 12.5 Å². The zero-order chi connectivity index (χ0) is 25.3. The number of aliphatic carboxylic acids is 1. The second-order valence-electron chi connectivity index (χ2n) is 8.61. The fourth-order valence-electron chi connectivity index (χ4n) is 3.92. The van der Waals surface area contributed by atoms with Gasteiger partial charge >= 0.3 is 156 Å². The maximum Gasteiger partial charge on any atom is -0.0260 e. The van der Waals surface area contributed by atoms with Crippen LogP contribution >= 0.6 is 0 Å². The number of carbonyl (C=O) groups is 4. The van der Waals surface area contributed by atoms with Crippen LogP contribution in [0, 0.1) is 5.92 Å². The summed E-state index contributed by atoms with van der Waals surface area (Å²) in [6.45, 7) is 5.73. The van der Waals surface area contributed by atoms with Crippen LogP contribution in [0.1, 0.15) is 51.6 Å². The van der Waals surface area contributed by atoms with Crippen molar-refractivity contribution >= 4 is 37.0 Å². The number of rotatable bonds is 11. The molecule has 182 valence electrons. The third-order valence-electron chi connectivity index (χ3n) is 5.72. The second kappa shape index (κ2) is 12.8. The van der Waals surface area contributed by atoms with Crippen LogP contribution in [0.25, 0.3) is 0 Å². The standard InChI is InChI=1S/C23H31BN4O6/c1-14(2)20(22(32)26-15(3)16-8-5-4-6-9-16)27-21(31)18-10-7-11-28(18)23(33)17(12-19(29)30)25-13-24-34/h4-6,8-9,13-15,17-18,20H,7,10-12H2,1-3H3,(H,26,32)(H,27,31)(H,29,30)/b25-13+/t15?,17-,18-,20?/m0/s1. The summed E-state index contributed by atoms with van der Waals surface area (Å²) in [7, 11) is 0.360. The molecule has 3 N–H and O–H groups in total. The van der Waals surface area contributed by atoms with Gasteiger partial charge in [0.25, 0.3) is 0 Å². The first-order valence-electron chi connectivity index (χ1n) is 11.3. The van der Waals surface area contributed by atoms with Gasteiger partial charge in [0.15, 0.2) is 0 Å². The van der Waals surface area contributed by atoms with E-state index in [1.54, 1.807) is 0 Å². The van der Waals surface area contributed by atoms with Crippen LogP contribution in [0.2, 0.25) is 0 Å². The fourth-order valence-corrected chi connectivity index (χ4v) is 3.92. The molecule has 0 spiro atoms. The molecule has 0 aromatic heterocycles. The number of hydrogen-bond donors (Lipinski definition) is 3. The Morgan fingerprint density at radius 2 is 1.85 bits per heavy atom. The van der Waals surface area contributed by atoms with E-state index in [1.807, 2.05) is 51.1 Å². The van der Waals surface area contributed by atoms with E-state index in [0.29, 0.717) is 20.0 Å². The third kappa shape index (κ3) is 7.33. The van der Waals surface area contributed by atoms with Crippen LogP contribution in [0.15, 0.2) is 35.3 Å². The molecule has 1 aromatic rings. The fraction of sp³-hybridized carbons (Fsp3) is 0.522. The van der Waals surface area contributed by atoms with Gasteiger partial charge in [0.2, 0.25) is 0 Å². The summed E-state index contributed by atoms with van der Waals surface area (Å²) in [5.74, 6) is -2.92. The number of likely N-dealkylation sites (tertiary alicyclic amines) is 1. The van der Waals surface area contributed by atoms with Crippen molar-refractivity contribution < 1.29 is 29.0 Å². The smallest absolute Gasteiger partial charge is 0.0260 e. The number of carboxylic acid groups (broad SMARTS) is 1. The molecule has 0 saturated carbocycles. The summed E-state index contributed by atoms with van der Waals surface area (Å²) in [5.41, 5.74) is 0.928. The Balaban J connectivity index is 2.11. The quantitative estimate of drug-likeness (QED) is 0.324. The molecule has 1 saturated heterocycles. The van der Waals surface area contributed by atoms with Gasteiger partial charge in [-0.15, -0.1) is 0 Å². The number of nitrogens with zero attached hydrogens (tertiary/aromatic N) is 2. The van der Waals surface area contributed by atoms with Gasteiger partial charge < -0.3 is 0 Å². The van der Waals surface area contributed by atoms with E-state index in [9.17, 15) is 23.9 Å². The molecule has 1 aliphatic heterocycles. The molecule has 2 unspecified atom stereocenters. The van der Waals surface area contributed by atoms with E-state index in [-0.39, 0.29) is 24.4 Å². The molecule has 1 aliphatic rings. The molecule has 1 fully saturated rings. The molecule has 10 nitrogen and oxygen atoms in total. The van der Waals surface area contributed by atoms with Crippen LogP contribution in [0.5, 0.6) is 0 Å². The monoisotopic (exact) mass is 470 g/mol.